The first-order chi connectivity index (χ1) is 14.3. The molecule has 4 rings (SSSR count). The van der Waals surface area contributed by atoms with E-state index in [9.17, 15) is 18.0 Å². The normalized spacial score (nSPS) is 16.0. The summed E-state index contributed by atoms with van der Waals surface area (Å²) in [6, 6.07) is 11.1. The quantitative estimate of drug-likeness (QED) is 0.633. The molecule has 1 amide bonds. The Kier molecular flexibility index (Phi) is 5.47. The van der Waals surface area contributed by atoms with Gasteiger partial charge >= 0.3 is 6.18 Å². The largest absolute Gasteiger partial charge is 0.417 e. The van der Waals surface area contributed by atoms with E-state index in [1.54, 1.807) is 12.1 Å². The number of nitrogens with zero attached hydrogens (tertiary/aromatic N) is 2. The smallest absolute Gasteiger partial charge is 0.321 e. The van der Waals surface area contributed by atoms with Crippen molar-refractivity contribution in [3.63, 3.8) is 0 Å². The third kappa shape index (κ3) is 4.16. The van der Waals surface area contributed by atoms with Gasteiger partial charge in [-0.15, -0.1) is 0 Å². The van der Waals surface area contributed by atoms with Crippen LogP contribution in [0.4, 0.5) is 18.9 Å². The van der Waals surface area contributed by atoms with Crippen LogP contribution in [0.3, 0.4) is 0 Å². The van der Waals surface area contributed by atoms with E-state index in [0.29, 0.717) is 17.2 Å². The molecule has 1 saturated heterocycles. The average Bonchev–Trinajstić information content (AvgIpc) is 2.74. The Morgan fingerprint density at radius 3 is 2.40 bits per heavy atom. The molecule has 0 bridgehead atoms. The number of hydrogen-bond donors (Lipinski definition) is 1. The molecular formula is C23H22F3N3O. The predicted molar refractivity (Wildman–Crippen MR) is 111 cm³/mol. The van der Waals surface area contributed by atoms with E-state index in [-0.39, 0.29) is 16.7 Å². The van der Waals surface area contributed by atoms with Crippen molar-refractivity contribution in [3.05, 3.63) is 71.5 Å². The lowest BCUT2D eigenvalue weighted by molar-refractivity contribution is -0.136. The summed E-state index contributed by atoms with van der Waals surface area (Å²) in [6.45, 7) is 2.11. The van der Waals surface area contributed by atoms with E-state index in [2.05, 4.69) is 22.2 Å². The van der Waals surface area contributed by atoms with Crippen LogP contribution in [0.5, 0.6) is 0 Å². The second-order valence-electron chi connectivity index (χ2n) is 7.73. The summed E-state index contributed by atoms with van der Waals surface area (Å²) in [4.78, 5) is 18.9. The number of hydrogen-bond acceptors (Lipinski definition) is 3. The zero-order valence-electron chi connectivity index (χ0n) is 16.5. The summed E-state index contributed by atoms with van der Waals surface area (Å²) < 4.78 is 39.8. The van der Waals surface area contributed by atoms with Crippen molar-refractivity contribution in [1.82, 2.24) is 9.88 Å². The summed E-state index contributed by atoms with van der Waals surface area (Å²) >= 11 is 0. The van der Waals surface area contributed by atoms with Gasteiger partial charge in [-0.05, 0) is 80.2 Å². The number of piperidine rings is 1. The first-order valence-electron chi connectivity index (χ1n) is 9.87. The first kappa shape index (κ1) is 20.3. The van der Waals surface area contributed by atoms with Gasteiger partial charge in [-0.1, -0.05) is 12.1 Å². The molecule has 1 fully saturated rings. The topological polar surface area (TPSA) is 45.2 Å². The Balaban J connectivity index is 1.55. The molecule has 1 aliphatic rings. The van der Waals surface area contributed by atoms with Crippen LogP contribution >= 0.6 is 0 Å². The fourth-order valence-electron chi connectivity index (χ4n) is 3.99. The molecule has 7 heteroatoms. The molecule has 0 unspecified atom stereocenters. The lowest BCUT2D eigenvalue weighted by Crippen LogP contribution is -2.29. The maximum atomic E-state index is 13.3. The maximum absolute atomic E-state index is 13.3. The van der Waals surface area contributed by atoms with E-state index < -0.39 is 11.7 Å². The fourth-order valence-corrected chi connectivity index (χ4v) is 3.99. The number of alkyl halides is 3. The van der Waals surface area contributed by atoms with Crippen LogP contribution in [0.1, 0.15) is 40.2 Å². The van der Waals surface area contributed by atoms with Gasteiger partial charge in [-0.2, -0.15) is 13.2 Å². The molecule has 0 spiro atoms. The first-order valence-corrected chi connectivity index (χ1v) is 9.87. The van der Waals surface area contributed by atoms with E-state index in [4.69, 9.17) is 0 Å². The molecule has 2 aromatic carbocycles. The number of carbonyl (C=O) groups excluding carboxylic acids is 1. The summed E-state index contributed by atoms with van der Waals surface area (Å²) in [6.07, 6.45) is 0.347. The van der Waals surface area contributed by atoms with Gasteiger partial charge in [0.05, 0.1) is 11.3 Å². The van der Waals surface area contributed by atoms with Crippen molar-refractivity contribution in [3.8, 4) is 0 Å². The number of pyridine rings is 1. The van der Waals surface area contributed by atoms with Crippen molar-refractivity contribution >= 4 is 22.4 Å². The minimum absolute atomic E-state index is 0.00733. The standard InChI is InChI=1S/C23H22F3N3O/c1-29-12-9-16(10-13-29)15-2-4-17(5-3-15)22(30)28-21-7-6-20(23(24,25)26)18-8-11-27-14-19(18)21/h2-8,11,14,16H,9-10,12-13H2,1H3,(H,28,30). The number of likely N-dealkylation sites (tertiary alicyclic amines) is 1. The van der Waals surface area contributed by atoms with Crippen molar-refractivity contribution in [2.45, 2.75) is 24.9 Å². The third-order valence-corrected chi connectivity index (χ3v) is 5.73. The molecule has 1 N–H and O–H groups in total. The van der Waals surface area contributed by atoms with Crippen molar-refractivity contribution in [1.29, 1.82) is 0 Å². The predicted octanol–water partition coefficient (Wildman–Crippen LogP) is 5.32. The van der Waals surface area contributed by atoms with E-state index in [1.165, 1.54) is 30.1 Å². The summed E-state index contributed by atoms with van der Waals surface area (Å²) in [5.74, 6) is 0.123. The Bertz CT molecular complexity index is 1060. The van der Waals surface area contributed by atoms with Gasteiger partial charge in [0, 0.05) is 23.3 Å². The van der Waals surface area contributed by atoms with Crippen LogP contribution in [0.25, 0.3) is 10.8 Å². The summed E-state index contributed by atoms with van der Waals surface area (Å²) in [5, 5.41) is 2.99. The van der Waals surface area contributed by atoms with E-state index >= 15 is 0 Å². The van der Waals surface area contributed by atoms with Gasteiger partial charge < -0.3 is 10.2 Å². The molecule has 2 heterocycles. The van der Waals surface area contributed by atoms with Gasteiger partial charge in [-0.25, -0.2) is 0 Å². The van der Waals surface area contributed by atoms with Gasteiger partial charge in [0.25, 0.3) is 5.91 Å². The third-order valence-electron chi connectivity index (χ3n) is 5.73. The lowest BCUT2D eigenvalue weighted by Gasteiger charge is -2.29. The monoisotopic (exact) mass is 413 g/mol. The number of carbonyl (C=O) groups is 1. The van der Waals surface area contributed by atoms with Crippen LogP contribution in [0, 0.1) is 0 Å². The molecule has 30 heavy (non-hydrogen) atoms. The number of fused-ring (bicyclic) bond motifs is 1. The molecule has 0 aliphatic carbocycles. The summed E-state index contributed by atoms with van der Waals surface area (Å²) in [7, 11) is 2.12. The highest BCUT2D eigenvalue weighted by Gasteiger charge is 2.33. The van der Waals surface area contributed by atoms with Crippen LogP contribution in [-0.4, -0.2) is 35.9 Å². The van der Waals surface area contributed by atoms with E-state index in [1.807, 2.05) is 12.1 Å². The zero-order chi connectivity index (χ0) is 21.3. The number of benzene rings is 2. The molecule has 0 radical (unpaired) electrons. The minimum atomic E-state index is -4.48. The molecule has 1 aliphatic heterocycles. The Morgan fingerprint density at radius 2 is 1.73 bits per heavy atom. The van der Waals surface area contributed by atoms with E-state index in [0.717, 1.165) is 32.0 Å². The van der Waals surface area contributed by atoms with Gasteiger partial charge in [0.2, 0.25) is 0 Å². The molecule has 1 aromatic heterocycles. The Morgan fingerprint density at radius 1 is 1.03 bits per heavy atom. The van der Waals surface area contributed by atoms with Crippen LogP contribution in [0.2, 0.25) is 0 Å². The van der Waals surface area contributed by atoms with Gasteiger partial charge in [0.1, 0.15) is 0 Å². The number of nitrogens with one attached hydrogen (secondary N) is 1. The fraction of sp³-hybridized carbons (Fsp3) is 0.304. The molecule has 156 valence electrons. The number of aromatic nitrogens is 1. The second-order valence-corrected chi connectivity index (χ2v) is 7.73. The average molecular weight is 413 g/mol. The molecular weight excluding hydrogens is 391 g/mol. The molecule has 0 atom stereocenters. The molecule has 4 nitrogen and oxygen atoms in total. The molecule has 3 aromatic rings. The number of halogens is 3. The number of anilines is 1. The number of rotatable bonds is 3. The Labute approximate surface area is 172 Å². The van der Waals surface area contributed by atoms with Crippen molar-refractivity contribution < 1.29 is 18.0 Å². The highest BCUT2D eigenvalue weighted by molar-refractivity contribution is 6.09. The Hall–Kier alpha value is -2.93. The highest BCUT2D eigenvalue weighted by Crippen LogP contribution is 2.37. The van der Waals surface area contributed by atoms with Gasteiger partial charge in [0.15, 0.2) is 0 Å². The molecule has 0 saturated carbocycles. The summed E-state index contributed by atoms with van der Waals surface area (Å²) in [5.41, 5.74) is 1.23. The van der Waals surface area contributed by atoms with Crippen LogP contribution < -0.4 is 5.32 Å². The minimum Gasteiger partial charge on any atom is -0.321 e. The highest BCUT2D eigenvalue weighted by atomic mass is 19.4. The zero-order valence-corrected chi connectivity index (χ0v) is 16.5. The van der Waals surface area contributed by atoms with Crippen LogP contribution in [0.15, 0.2) is 54.9 Å². The SMILES string of the molecule is CN1CCC(c2ccc(C(=O)Nc3ccc(C(F)(F)F)c4ccncc34)cc2)CC1. The van der Waals surface area contributed by atoms with Crippen molar-refractivity contribution in [2.24, 2.45) is 0 Å². The van der Waals surface area contributed by atoms with Crippen LogP contribution in [-0.2, 0) is 6.18 Å². The maximum Gasteiger partial charge on any atom is 0.417 e. The second kappa shape index (κ2) is 8.07. The lowest BCUT2D eigenvalue weighted by atomic mass is 9.89. The number of amides is 1. The van der Waals surface area contributed by atoms with Gasteiger partial charge in [-0.3, -0.25) is 9.78 Å². The van der Waals surface area contributed by atoms with Crippen molar-refractivity contribution in [2.75, 3.05) is 25.5 Å².